The van der Waals surface area contributed by atoms with Gasteiger partial charge in [-0.05, 0) is 18.6 Å². The topological polar surface area (TPSA) is 107 Å². The second-order valence-corrected chi connectivity index (χ2v) is 6.70. The molecule has 1 heterocycles. The molecule has 0 saturated carbocycles. The van der Waals surface area contributed by atoms with Crippen LogP contribution in [0, 0.1) is 0 Å². The van der Waals surface area contributed by atoms with Gasteiger partial charge in [-0.25, -0.2) is 0 Å². The largest absolute Gasteiger partial charge is 1.00 e. The van der Waals surface area contributed by atoms with Crippen LogP contribution in [0.15, 0.2) is 29.2 Å². The van der Waals surface area contributed by atoms with Crippen molar-refractivity contribution >= 4 is 52.2 Å². The van der Waals surface area contributed by atoms with Crippen molar-refractivity contribution in [2.45, 2.75) is 12.8 Å². The molecule has 0 aliphatic carbocycles. The summed E-state index contributed by atoms with van der Waals surface area (Å²) in [7, 11) is 0. The third-order valence-corrected chi connectivity index (χ3v) is 4.54. The van der Waals surface area contributed by atoms with Crippen molar-refractivity contribution in [1.82, 2.24) is 4.90 Å². The minimum atomic E-state index is -1.39. The number of ether oxygens (including phenoxy) is 1. The van der Waals surface area contributed by atoms with Crippen molar-refractivity contribution < 1.29 is 58.9 Å². The fourth-order valence-corrected chi connectivity index (χ4v) is 3.29. The third-order valence-electron chi connectivity index (χ3n) is 3.16. The van der Waals surface area contributed by atoms with Gasteiger partial charge in [0.1, 0.15) is 10.1 Å². The summed E-state index contributed by atoms with van der Waals surface area (Å²) in [6.45, 7) is -0.363. The van der Waals surface area contributed by atoms with Crippen molar-refractivity contribution in [2.75, 3.05) is 13.2 Å². The number of nitrogens with zero attached hydrogens (tertiary/aromatic N) is 1. The molecule has 1 aliphatic heterocycles. The summed E-state index contributed by atoms with van der Waals surface area (Å²) in [6.07, 6.45) is 1.93. The molecule has 0 atom stereocenters. The molecule has 1 aliphatic rings. The van der Waals surface area contributed by atoms with E-state index in [1.54, 1.807) is 30.3 Å². The van der Waals surface area contributed by atoms with E-state index in [2.05, 4.69) is 0 Å². The van der Waals surface area contributed by atoms with Gasteiger partial charge >= 0.3 is 35.5 Å². The SMILES string of the molecule is O=C([O-])CN1C(=O)C(=Cc2ccccc2OCCCC(=O)O)SC1=S.[Na+]. The molecule has 10 heteroatoms. The van der Waals surface area contributed by atoms with Crippen molar-refractivity contribution in [1.29, 1.82) is 0 Å². The number of aliphatic carboxylic acids is 2. The Morgan fingerprint density at radius 1 is 1.35 bits per heavy atom. The molecule has 0 spiro atoms. The van der Waals surface area contributed by atoms with E-state index in [4.69, 9.17) is 22.1 Å². The molecule has 0 radical (unpaired) electrons. The second-order valence-electron chi connectivity index (χ2n) is 5.02. The first-order chi connectivity index (χ1) is 11.9. The quantitative estimate of drug-likeness (QED) is 0.227. The zero-order valence-corrected chi connectivity index (χ0v) is 17.6. The Kier molecular flexibility index (Phi) is 9.31. The number of carbonyl (C=O) groups is 3. The van der Waals surface area contributed by atoms with Gasteiger partial charge in [0.15, 0.2) is 0 Å². The van der Waals surface area contributed by atoms with Gasteiger partial charge in [-0.15, -0.1) is 0 Å². The molecule has 0 bridgehead atoms. The van der Waals surface area contributed by atoms with Crippen LogP contribution < -0.4 is 39.4 Å². The standard InChI is InChI=1S/C16H15NO6S2.Na/c18-13(19)6-3-7-23-11-5-2-1-4-10(11)8-12-15(22)17(9-14(20)21)16(24)25-12;/h1-2,4-5,8H,3,6-7,9H2,(H,18,19)(H,20,21);/q;+1/p-1. The summed E-state index contributed by atoms with van der Waals surface area (Å²) < 4.78 is 5.73. The summed E-state index contributed by atoms with van der Waals surface area (Å²) in [4.78, 5) is 34.7. The number of carboxylic acid groups (broad SMARTS) is 2. The molecule has 132 valence electrons. The van der Waals surface area contributed by atoms with E-state index in [-0.39, 0.29) is 51.8 Å². The average Bonchev–Trinajstić information content (AvgIpc) is 2.80. The molecular weight excluding hydrogens is 389 g/mol. The molecule has 1 N–H and O–H groups in total. The van der Waals surface area contributed by atoms with E-state index in [1.807, 2.05) is 0 Å². The molecule has 1 fully saturated rings. The van der Waals surface area contributed by atoms with Crippen LogP contribution in [-0.2, 0) is 14.4 Å². The fourth-order valence-electron chi connectivity index (χ4n) is 2.04. The number of hydrogen-bond donors (Lipinski definition) is 1. The van der Waals surface area contributed by atoms with Crippen LogP contribution in [0.2, 0.25) is 0 Å². The van der Waals surface area contributed by atoms with Crippen LogP contribution in [-0.4, -0.2) is 45.3 Å². The molecule has 26 heavy (non-hydrogen) atoms. The van der Waals surface area contributed by atoms with Crippen LogP contribution in [0.1, 0.15) is 18.4 Å². The van der Waals surface area contributed by atoms with Crippen molar-refractivity contribution in [2.24, 2.45) is 0 Å². The van der Waals surface area contributed by atoms with Crippen molar-refractivity contribution in [3.05, 3.63) is 34.7 Å². The zero-order valence-electron chi connectivity index (χ0n) is 14.0. The molecular formula is C16H14NNaO6S2. The van der Waals surface area contributed by atoms with E-state index in [9.17, 15) is 19.5 Å². The predicted molar refractivity (Wildman–Crippen MR) is 93.7 cm³/mol. The van der Waals surface area contributed by atoms with Crippen LogP contribution in [0.25, 0.3) is 6.08 Å². The predicted octanol–water partition coefficient (Wildman–Crippen LogP) is -2.11. The monoisotopic (exact) mass is 403 g/mol. The van der Waals surface area contributed by atoms with Crippen molar-refractivity contribution in [3.63, 3.8) is 0 Å². The minimum absolute atomic E-state index is 0. The van der Waals surface area contributed by atoms with E-state index in [0.717, 1.165) is 16.7 Å². The van der Waals surface area contributed by atoms with E-state index >= 15 is 0 Å². The number of carbonyl (C=O) groups excluding carboxylic acids is 2. The van der Waals surface area contributed by atoms with Gasteiger partial charge in [0.05, 0.1) is 24.0 Å². The number of rotatable bonds is 8. The number of thioether (sulfide) groups is 1. The smallest absolute Gasteiger partial charge is 0.548 e. The summed E-state index contributed by atoms with van der Waals surface area (Å²) in [6, 6.07) is 6.95. The molecule has 0 aromatic heterocycles. The normalized spacial score (nSPS) is 15.1. The van der Waals surface area contributed by atoms with Gasteiger partial charge in [0.2, 0.25) is 0 Å². The van der Waals surface area contributed by atoms with E-state index in [0.29, 0.717) is 17.7 Å². The number of para-hydroxylation sites is 1. The molecule has 2 rings (SSSR count). The first-order valence-corrected chi connectivity index (χ1v) is 8.50. The van der Waals surface area contributed by atoms with Gasteiger partial charge in [-0.1, -0.05) is 42.2 Å². The third kappa shape index (κ3) is 6.40. The van der Waals surface area contributed by atoms with Gasteiger partial charge in [0.25, 0.3) is 5.91 Å². The molecule has 1 saturated heterocycles. The summed E-state index contributed by atoms with van der Waals surface area (Å²) in [5.41, 5.74) is 0.617. The van der Waals surface area contributed by atoms with Crippen LogP contribution in [0.4, 0.5) is 0 Å². The molecule has 1 amide bonds. The van der Waals surface area contributed by atoms with Crippen LogP contribution >= 0.6 is 24.0 Å². The fraction of sp³-hybridized carbons (Fsp3) is 0.250. The number of hydrogen-bond acceptors (Lipinski definition) is 7. The zero-order chi connectivity index (χ0) is 18.4. The Balaban J connectivity index is 0.00000338. The molecule has 1 aromatic carbocycles. The maximum absolute atomic E-state index is 12.3. The maximum atomic E-state index is 12.3. The Hall–Kier alpha value is -1.39. The molecule has 1 aromatic rings. The summed E-state index contributed by atoms with van der Waals surface area (Å²) in [5.74, 6) is -2.29. The molecule has 0 unspecified atom stereocenters. The Morgan fingerprint density at radius 2 is 2.04 bits per heavy atom. The van der Waals surface area contributed by atoms with Gasteiger partial charge in [-0.2, -0.15) is 0 Å². The van der Waals surface area contributed by atoms with Gasteiger partial charge < -0.3 is 19.7 Å². The maximum Gasteiger partial charge on any atom is 1.00 e. The van der Waals surface area contributed by atoms with Gasteiger partial charge in [-0.3, -0.25) is 14.5 Å². The van der Waals surface area contributed by atoms with Gasteiger partial charge in [0, 0.05) is 12.0 Å². The van der Waals surface area contributed by atoms with Crippen molar-refractivity contribution in [3.8, 4) is 5.75 Å². The van der Waals surface area contributed by atoms with Crippen LogP contribution in [0.3, 0.4) is 0 Å². The molecule has 7 nitrogen and oxygen atoms in total. The van der Waals surface area contributed by atoms with E-state index < -0.39 is 24.4 Å². The minimum Gasteiger partial charge on any atom is -0.548 e. The summed E-state index contributed by atoms with van der Waals surface area (Å²) in [5, 5.41) is 19.3. The Morgan fingerprint density at radius 3 is 2.69 bits per heavy atom. The number of benzene rings is 1. The Labute approximate surface area is 181 Å². The van der Waals surface area contributed by atoms with Crippen LogP contribution in [0.5, 0.6) is 5.75 Å². The number of carboxylic acids is 2. The van der Waals surface area contributed by atoms with E-state index in [1.165, 1.54) is 0 Å². The number of thiocarbonyl (C=S) groups is 1. The first-order valence-electron chi connectivity index (χ1n) is 7.27. The average molecular weight is 403 g/mol. The second kappa shape index (κ2) is 10.7. The summed E-state index contributed by atoms with van der Waals surface area (Å²) >= 11 is 6.03. The Bertz CT molecular complexity index is 752. The first kappa shape index (κ1) is 22.7. The number of amides is 1.